The molecule has 0 saturated carbocycles. The van der Waals surface area contributed by atoms with Crippen molar-refractivity contribution in [1.29, 1.82) is 5.26 Å². The van der Waals surface area contributed by atoms with Crippen LogP contribution in [0.1, 0.15) is 26.2 Å². The van der Waals surface area contributed by atoms with Gasteiger partial charge in [0, 0.05) is 13.2 Å². The summed E-state index contributed by atoms with van der Waals surface area (Å²) < 4.78 is 5.10. The highest BCUT2D eigenvalue weighted by Crippen LogP contribution is 2.33. The highest BCUT2D eigenvalue weighted by Gasteiger charge is 2.28. The van der Waals surface area contributed by atoms with Crippen LogP contribution >= 0.6 is 11.8 Å². The second-order valence-corrected chi connectivity index (χ2v) is 5.12. The van der Waals surface area contributed by atoms with Crippen molar-refractivity contribution in [2.24, 2.45) is 5.92 Å². The third kappa shape index (κ3) is 3.21. The van der Waals surface area contributed by atoms with Crippen LogP contribution in [0, 0.1) is 17.2 Å². The van der Waals surface area contributed by atoms with Crippen molar-refractivity contribution in [3.63, 3.8) is 0 Å². The van der Waals surface area contributed by atoms with Gasteiger partial charge in [0.05, 0.1) is 10.8 Å². The first kappa shape index (κ1) is 10.9. The second kappa shape index (κ2) is 4.88. The van der Waals surface area contributed by atoms with Crippen molar-refractivity contribution < 1.29 is 4.74 Å². The molecule has 1 unspecified atom stereocenters. The third-order valence-electron chi connectivity index (χ3n) is 2.71. The highest BCUT2D eigenvalue weighted by atomic mass is 32.2. The van der Waals surface area contributed by atoms with Crippen LogP contribution in [0.4, 0.5) is 0 Å². The van der Waals surface area contributed by atoms with Crippen LogP contribution in [0.15, 0.2) is 0 Å². The largest absolute Gasteiger partial charge is 0.381 e. The first-order valence-electron chi connectivity index (χ1n) is 4.74. The van der Waals surface area contributed by atoms with Crippen molar-refractivity contribution >= 4 is 11.8 Å². The zero-order chi connectivity index (χ0) is 9.73. The predicted octanol–water partition coefficient (Wildman–Crippen LogP) is 2.45. The van der Waals surface area contributed by atoms with E-state index in [1.165, 1.54) is 0 Å². The van der Waals surface area contributed by atoms with Gasteiger partial charge in [-0.2, -0.15) is 5.26 Å². The van der Waals surface area contributed by atoms with Gasteiger partial charge in [-0.25, -0.2) is 0 Å². The molecule has 74 valence electrons. The molecule has 13 heavy (non-hydrogen) atoms. The molecule has 0 aromatic heterocycles. The second-order valence-electron chi connectivity index (χ2n) is 3.81. The SMILES string of the molecule is CSC(C)(C#N)CC1CCOCC1. The Labute approximate surface area is 84.6 Å². The van der Waals surface area contributed by atoms with Crippen molar-refractivity contribution in [2.45, 2.75) is 30.9 Å². The van der Waals surface area contributed by atoms with Crippen LogP contribution in [-0.2, 0) is 4.74 Å². The van der Waals surface area contributed by atoms with Crippen LogP contribution in [0.25, 0.3) is 0 Å². The van der Waals surface area contributed by atoms with Gasteiger partial charge in [0.25, 0.3) is 0 Å². The standard InChI is InChI=1S/C10H17NOS/c1-10(8-11,13-2)7-9-3-5-12-6-4-9/h9H,3-7H2,1-2H3. The van der Waals surface area contributed by atoms with E-state index < -0.39 is 0 Å². The fourth-order valence-electron chi connectivity index (χ4n) is 1.68. The maximum atomic E-state index is 9.01. The van der Waals surface area contributed by atoms with Crippen molar-refractivity contribution in [3.8, 4) is 6.07 Å². The lowest BCUT2D eigenvalue weighted by Gasteiger charge is -2.28. The number of nitriles is 1. The summed E-state index contributed by atoms with van der Waals surface area (Å²) >= 11 is 1.66. The van der Waals surface area contributed by atoms with E-state index in [-0.39, 0.29) is 4.75 Å². The van der Waals surface area contributed by atoms with E-state index in [0.29, 0.717) is 5.92 Å². The Kier molecular flexibility index (Phi) is 4.08. The van der Waals surface area contributed by atoms with E-state index in [1.807, 2.05) is 13.2 Å². The molecule has 0 radical (unpaired) electrons. The van der Waals surface area contributed by atoms with Crippen molar-refractivity contribution in [1.82, 2.24) is 0 Å². The number of hydrogen-bond donors (Lipinski definition) is 0. The average Bonchev–Trinajstić information content (AvgIpc) is 2.19. The number of rotatable bonds is 3. The summed E-state index contributed by atoms with van der Waals surface area (Å²) in [7, 11) is 0. The van der Waals surface area contributed by atoms with Gasteiger partial charge in [-0.3, -0.25) is 0 Å². The van der Waals surface area contributed by atoms with E-state index >= 15 is 0 Å². The molecule has 1 saturated heterocycles. The molecular formula is C10H17NOS. The molecular weight excluding hydrogens is 182 g/mol. The Morgan fingerprint density at radius 2 is 2.15 bits per heavy atom. The maximum absolute atomic E-state index is 9.01. The van der Waals surface area contributed by atoms with Gasteiger partial charge in [-0.05, 0) is 38.4 Å². The lowest BCUT2D eigenvalue weighted by molar-refractivity contribution is 0.0626. The fourth-order valence-corrected chi connectivity index (χ4v) is 2.17. The molecule has 1 aliphatic rings. The lowest BCUT2D eigenvalue weighted by Crippen LogP contribution is -2.25. The minimum atomic E-state index is -0.192. The molecule has 1 atom stereocenters. The van der Waals surface area contributed by atoms with Crippen LogP contribution in [0.5, 0.6) is 0 Å². The number of thioether (sulfide) groups is 1. The Bertz CT molecular complexity index is 196. The molecule has 0 aromatic rings. The number of nitrogens with zero attached hydrogens (tertiary/aromatic N) is 1. The summed E-state index contributed by atoms with van der Waals surface area (Å²) in [4.78, 5) is 0. The molecule has 0 spiro atoms. The third-order valence-corrected chi connectivity index (χ3v) is 3.87. The van der Waals surface area contributed by atoms with E-state index in [2.05, 4.69) is 6.07 Å². The summed E-state index contributed by atoms with van der Waals surface area (Å²) in [5.74, 6) is 0.686. The smallest absolute Gasteiger partial charge is 0.0995 e. The van der Waals surface area contributed by atoms with Crippen molar-refractivity contribution in [2.75, 3.05) is 19.5 Å². The van der Waals surface area contributed by atoms with Gasteiger partial charge >= 0.3 is 0 Å². The summed E-state index contributed by atoms with van der Waals surface area (Å²) in [6.07, 6.45) is 5.27. The number of ether oxygens (including phenoxy) is 1. The van der Waals surface area contributed by atoms with Gasteiger partial charge in [0.2, 0.25) is 0 Å². The molecule has 1 aliphatic heterocycles. The van der Waals surface area contributed by atoms with E-state index in [4.69, 9.17) is 10.00 Å². The molecule has 1 heterocycles. The van der Waals surface area contributed by atoms with Gasteiger partial charge < -0.3 is 4.74 Å². The number of hydrogen-bond acceptors (Lipinski definition) is 3. The molecule has 0 amide bonds. The molecule has 1 rings (SSSR count). The lowest BCUT2D eigenvalue weighted by atomic mass is 9.90. The van der Waals surface area contributed by atoms with E-state index in [9.17, 15) is 0 Å². The highest BCUT2D eigenvalue weighted by molar-refractivity contribution is 8.00. The van der Waals surface area contributed by atoms with Crippen LogP contribution in [0.2, 0.25) is 0 Å². The molecule has 1 fully saturated rings. The topological polar surface area (TPSA) is 33.0 Å². The van der Waals surface area contributed by atoms with Crippen LogP contribution < -0.4 is 0 Å². The average molecular weight is 199 g/mol. The quantitative estimate of drug-likeness (QED) is 0.700. The molecule has 0 bridgehead atoms. The fraction of sp³-hybridized carbons (Fsp3) is 0.900. The van der Waals surface area contributed by atoms with Crippen LogP contribution in [-0.4, -0.2) is 24.2 Å². The first-order chi connectivity index (χ1) is 6.20. The van der Waals surface area contributed by atoms with Gasteiger partial charge in [-0.1, -0.05) is 0 Å². The van der Waals surface area contributed by atoms with Gasteiger partial charge in [0.15, 0.2) is 0 Å². The Hall–Kier alpha value is -0.200. The van der Waals surface area contributed by atoms with Gasteiger partial charge in [-0.15, -0.1) is 11.8 Å². The predicted molar refractivity (Wildman–Crippen MR) is 55.7 cm³/mol. The van der Waals surface area contributed by atoms with Crippen molar-refractivity contribution in [3.05, 3.63) is 0 Å². The zero-order valence-electron chi connectivity index (χ0n) is 8.38. The molecule has 0 aromatic carbocycles. The Balaban J connectivity index is 2.41. The minimum Gasteiger partial charge on any atom is -0.381 e. The van der Waals surface area contributed by atoms with E-state index in [1.54, 1.807) is 11.8 Å². The normalized spacial score (nSPS) is 23.5. The van der Waals surface area contributed by atoms with Gasteiger partial charge in [0.1, 0.15) is 0 Å². The Morgan fingerprint density at radius 3 is 2.62 bits per heavy atom. The molecule has 0 N–H and O–H groups in total. The summed E-state index contributed by atoms with van der Waals surface area (Å²) in [6, 6.07) is 2.40. The molecule has 2 nitrogen and oxygen atoms in total. The summed E-state index contributed by atoms with van der Waals surface area (Å²) in [5, 5.41) is 9.01. The monoisotopic (exact) mass is 199 g/mol. The van der Waals surface area contributed by atoms with E-state index in [0.717, 1.165) is 32.5 Å². The first-order valence-corrected chi connectivity index (χ1v) is 5.97. The molecule has 3 heteroatoms. The Morgan fingerprint density at radius 1 is 1.54 bits per heavy atom. The molecule has 0 aliphatic carbocycles. The minimum absolute atomic E-state index is 0.192. The summed E-state index contributed by atoms with van der Waals surface area (Å²) in [6.45, 7) is 3.79. The zero-order valence-corrected chi connectivity index (χ0v) is 9.19. The maximum Gasteiger partial charge on any atom is 0.0995 e. The summed E-state index contributed by atoms with van der Waals surface area (Å²) in [5.41, 5.74) is 0. The van der Waals surface area contributed by atoms with Crippen LogP contribution in [0.3, 0.4) is 0 Å².